The first-order valence-corrected chi connectivity index (χ1v) is 10.8. The quantitative estimate of drug-likeness (QED) is 0.454. The molecule has 1 amide bonds. The van der Waals surface area contributed by atoms with Crippen molar-refractivity contribution in [3.63, 3.8) is 0 Å². The number of anilines is 1. The van der Waals surface area contributed by atoms with Crippen molar-refractivity contribution < 1.29 is 14.3 Å². The van der Waals surface area contributed by atoms with Crippen molar-refractivity contribution in [2.45, 2.75) is 80.4 Å². The maximum atomic E-state index is 13.6. The average molecular weight is 402 g/mol. The molecule has 5 heteroatoms. The maximum absolute atomic E-state index is 13.6. The lowest BCUT2D eigenvalue weighted by molar-refractivity contribution is -0.132. The van der Waals surface area contributed by atoms with Gasteiger partial charge in [-0.15, -0.1) is 11.3 Å². The van der Waals surface area contributed by atoms with Gasteiger partial charge in [-0.2, -0.15) is 0 Å². The Morgan fingerprint density at radius 2 is 1.82 bits per heavy atom. The van der Waals surface area contributed by atoms with Gasteiger partial charge in [-0.25, -0.2) is 4.79 Å². The molecular weight excluding hydrogens is 370 g/mol. The number of esters is 1. The van der Waals surface area contributed by atoms with E-state index in [1.54, 1.807) is 11.8 Å². The van der Waals surface area contributed by atoms with Crippen molar-refractivity contribution in [3.8, 4) is 11.8 Å². The smallest absolute Gasteiger partial charge is 0.352 e. The topological polar surface area (TPSA) is 46.6 Å². The highest BCUT2D eigenvalue weighted by atomic mass is 32.1. The van der Waals surface area contributed by atoms with Gasteiger partial charge in [0.25, 0.3) is 0 Å². The first-order valence-electron chi connectivity index (χ1n) is 10.0. The number of fused-ring (bicyclic) bond motifs is 1. The molecule has 1 atom stereocenters. The Morgan fingerprint density at radius 1 is 1.21 bits per heavy atom. The summed E-state index contributed by atoms with van der Waals surface area (Å²) in [5.41, 5.74) is 0.381. The van der Waals surface area contributed by atoms with Gasteiger partial charge in [0.05, 0.1) is 10.6 Å². The Morgan fingerprint density at radius 3 is 2.39 bits per heavy atom. The fourth-order valence-electron chi connectivity index (χ4n) is 3.73. The van der Waals surface area contributed by atoms with Gasteiger partial charge in [-0.1, -0.05) is 32.6 Å². The van der Waals surface area contributed by atoms with Crippen molar-refractivity contribution in [2.75, 3.05) is 4.90 Å². The van der Waals surface area contributed by atoms with Crippen LogP contribution in [0.3, 0.4) is 0 Å². The second-order valence-corrected chi connectivity index (χ2v) is 11.3. The predicted octanol–water partition coefficient (Wildman–Crippen LogP) is 5.60. The van der Waals surface area contributed by atoms with E-state index in [2.05, 4.69) is 32.6 Å². The standard InChI is InChI=1S/C23H31NO3S/c1-15-24(20(26)23(7)12-10-22(5,6)11-13-23)17-14-16(8-9-21(2,3)4)28-18(17)19(25)27-15/h14-15H,10-13H2,1-7H3. The van der Waals surface area contributed by atoms with Gasteiger partial charge in [-0.05, 0) is 64.9 Å². The fourth-order valence-corrected chi connectivity index (χ4v) is 4.62. The van der Waals surface area contributed by atoms with Crippen LogP contribution < -0.4 is 4.90 Å². The van der Waals surface area contributed by atoms with E-state index in [1.807, 2.05) is 26.8 Å². The van der Waals surface area contributed by atoms with Crippen molar-refractivity contribution in [3.05, 3.63) is 15.8 Å². The number of hydrogen-bond acceptors (Lipinski definition) is 4. The van der Waals surface area contributed by atoms with Crippen LogP contribution in [0.2, 0.25) is 0 Å². The highest BCUT2D eigenvalue weighted by Gasteiger charge is 2.46. The Kier molecular flexibility index (Phi) is 5.17. The van der Waals surface area contributed by atoms with E-state index in [0.717, 1.165) is 30.6 Å². The van der Waals surface area contributed by atoms with Crippen molar-refractivity contribution in [1.82, 2.24) is 0 Å². The summed E-state index contributed by atoms with van der Waals surface area (Å²) in [6, 6.07) is 1.88. The number of rotatable bonds is 1. The van der Waals surface area contributed by atoms with Gasteiger partial charge in [0.1, 0.15) is 4.88 Å². The summed E-state index contributed by atoms with van der Waals surface area (Å²) in [4.78, 5) is 29.0. The predicted molar refractivity (Wildman–Crippen MR) is 113 cm³/mol. The number of carbonyl (C=O) groups is 2. The molecule has 1 unspecified atom stereocenters. The van der Waals surface area contributed by atoms with E-state index >= 15 is 0 Å². The molecule has 1 aliphatic heterocycles. The molecule has 1 aromatic rings. The number of carbonyl (C=O) groups excluding carboxylic acids is 2. The third-order valence-electron chi connectivity index (χ3n) is 5.80. The Balaban J connectivity index is 1.95. The third kappa shape index (κ3) is 4.12. The van der Waals surface area contributed by atoms with Gasteiger partial charge in [-0.3, -0.25) is 9.69 Å². The molecule has 0 N–H and O–H groups in total. The van der Waals surface area contributed by atoms with E-state index in [9.17, 15) is 9.59 Å². The average Bonchev–Trinajstić information content (AvgIpc) is 3.00. The third-order valence-corrected chi connectivity index (χ3v) is 6.82. The van der Waals surface area contributed by atoms with Crippen molar-refractivity contribution >= 4 is 28.9 Å². The van der Waals surface area contributed by atoms with E-state index in [-0.39, 0.29) is 22.7 Å². The lowest BCUT2D eigenvalue weighted by Gasteiger charge is -2.44. The SMILES string of the molecule is CC1OC(=O)c2sc(C#CC(C)(C)C)cc2N1C(=O)C1(C)CCC(C)(C)CC1. The zero-order valence-electron chi connectivity index (χ0n) is 18.1. The van der Waals surface area contributed by atoms with Crippen LogP contribution in [0.4, 0.5) is 5.69 Å². The fraction of sp³-hybridized carbons (Fsp3) is 0.652. The number of ether oxygens (including phenoxy) is 1. The monoisotopic (exact) mass is 401 g/mol. The lowest BCUT2D eigenvalue weighted by Crippen LogP contribution is -2.52. The molecule has 1 fully saturated rings. The van der Waals surface area contributed by atoms with Gasteiger partial charge in [0, 0.05) is 10.8 Å². The summed E-state index contributed by atoms with van der Waals surface area (Å²) >= 11 is 1.31. The molecule has 1 aliphatic carbocycles. The molecule has 1 aromatic heterocycles. The van der Waals surface area contributed by atoms with Crippen molar-refractivity contribution in [2.24, 2.45) is 16.2 Å². The molecular formula is C23H31NO3S. The van der Waals surface area contributed by atoms with E-state index in [4.69, 9.17) is 4.74 Å². The first-order chi connectivity index (χ1) is 12.8. The Bertz CT molecular complexity index is 853. The second kappa shape index (κ2) is 6.91. The zero-order valence-corrected chi connectivity index (χ0v) is 18.9. The molecule has 3 rings (SSSR count). The molecule has 0 radical (unpaired) electrons. The number of nitrogens with zero attached hydrogens (tertiary/aromatic N) is 1. The summed E-state index contributed by atoms with van der Waals surface area (Å²) in [6.07, 6.45) is 3.15. The summed E-state index contributed by atoms with van der Waals surface area (Å²) in [7, 11) is 0. The number of cyclic esters (lactones) is 1. The first kappa shape index (κ1) is 20.9. The molecule has 28 heavy (non-hydrogen) atoms. The number of amides is 1. The van der Waals surface area contributed by atoms with Crippen molar-refractivity contribution in [1.29, 1.82) is 0 Å². The van der Waals surface area contributed by atoms with Crippen LogP contribution in [0.25, 0.3) is 0 Å². The minimum absolute atomic E-state index is 0.0531. The summed E-state index contributed by atoms with van der Waals surface area (Å²) in [6.45, 7) is 14.5. The lowest BCUT2D eigenvalue weighted by atomic mass is 9.65. The summed E-state index contributed by atoms with van der Waals surface area (Å²) in [5, 5.41) is 0. The molecule has 4 nitrogen and oxygen atoms in total. The Labute approximate surface area is 172 Å². The van der Waals surface area contributed by atoms with Crippen LogP contribution in [0.1, 0.15) is 88.7 Å². The van der Waals surface area contributed by atoms with Crippen LogP contribution >= 0.6 is 11.3 Å². The largest absolute Gasteiger partial charge is 0.437 e. The molecule has 2 heterocycles. The summed E-state index contributed by atoms with van der Waals surface area (Å²) < 4.78 is 5.51. The van der Waals surface area contributed by atoms with Gasteiger partial charge >= 0.3 is 5.97 Å². The van der Waals surface area contributed by atoms with Crippen LogP contribution in [0.5, 0.6) is 0 Å². The van der Waals surface area contributed by atoms with E-state index < -0.39 is 11.6 Å². The normalized spacial score (nSPS) is 23.3. The molecule has 0 saturated heterocycles. The molecule has 1 saturated carbocycles. The highest BCUT2D eigenvalue weighted by Crippen LogP contribution is 2.47. The van der Waals surface area contributed by atoms with Crippen LogP contribution in [0, 0.1) is 28.1 Å². The van der Waals surface area contributed by atoms with Gasteiger partial charge < -0.3 is 4.74 Å². The van der Waals surface area contributed by atoms with Gasteiger partial charge in [0.15, 0.2) is 6.23 Å². The molecule has 2 aliphatic rings. The van der Waals surface area contributed by atoms with Crippen LogP contribution in [0.15, 0.2) is 6.07 Å². The zero-order chi connectivity index (χ0) is 20.9. The number of thiophene rings is 1. The van der Waals surface area contributed by atoms with Gasteiger partial charge in [0.2, 0.25) is 5.91 Å². The maximum Gasteiger partial charge on any atom is 0.352 e. The van der Waals surface area contributed by atoms with E-state index in [0.29, 0.717) is 10.6 Å². The second-order valence-electron chi connectivity index (χ2n) is 10.2. The Hall–Kier alpha value is -1.80. The minimum atomic E-state index is -0.600. The highest BCUT2D eigenvalue weighted by molar-refractivity contribution is 7.15. The number of hydrogen-bond donors (Lipinski definition) is 0. The molecule has 0 spiro atoms. The summed E-state index contributed by atoms with van der Waals surface area (Å²) in [5.74, 6) is 6.05. The van der Waals surface area contributed by atoms with E-state index in [1.165, 1.54) is 11.3 Å². The van der Waals surface area contributed by atoms with Crippen LogP contribution in [-0.2, 0) is 9.53 Å². The van der Waals surface area contributed by atoms with Crippen LogP contribution in [-0.4, -0.2) is 18.1 Å². The molecule has 152 valence electrons. The molecule has 0 aromatic carbocycles. The minimum Gasteiger partial charge on any atom is -0.437 e. The molecule has 0 bridgehead atoms.